The third-order valence-electron chi connectivity index (χ3n) is 4.01. The second kappa shape index (κ2) is 6.20. The van der Waals surface area contributed by atoms with Crippen molar-refractivity contribution in [2.45, 2.75) is 32.4 Å². The first-order valence-corrected chi connectivity index (χ1v) is 7.88. The third kappa shape index (κ3) is 3.47. The molecule has 1 aliphatic carbocycles. The quantitative estimate of drug-likeness (QED) is 0.837. The molecule has 0 radical (unpaired) electrons. The predicted octanol–water partition coefficient (Wildman–Crippen LogP) is 4.39. The molecule has 1 aromatic heterocycles. The van der Waals surface area contributed by atoms with Crippen molar-refractivity contribution in [3.05, 3.63) is 58.6 Å². The van der Waals surface area contributed by atoms with E-state index in [1.54, 1.807) is 12.1 Å². The Labute approximate surface area is 129 Å². The number of hydrogen-bond acceptors (Lipinski definition) is 1. The Morgan fingerprint density at radius 3 is 2.90 bits per heavy atom. The lowest BCUT2D eigenvalue weighted by atomic mass is 10.1. The van der Waals surface area contributed by atoms with Gasteiger partial charge in [0.2, 0.25) is 0 Å². The van der Waals surface area contributed by atoms with Crippen LogP contribution in [0.25, 0.3) is 0 Å². The van der Waals surface area contributed by atoms with Crippen molar-refractivity contribution in [3.63, 3.8) is 0 Å². The zero-order valence-electron chi connectivity index (χ0n) is 12.2. The van der Waals surface area contributed by atoms with Crippen LogP contribution in [-0.2, 0) is 6.54 Å². The van der Waals surface area contributed by atoms with Gasteiger partial charge in [-0.05, 0) is 55.1 Å². The molecule has 1 aromatic carbocycles. The normalized spacial score (nSPS) is 16.1. The molecule has 1 heterocycles. The predicted molar refractivity (Wildman–Crippen MR) is 84.1 cm³/mol. The first-order valence-electron chi connectivity index (χ1n) is 7.50. The average Bonchev–Trinajstić information content (AvgIpc) is 3.20. The van der Waals surface area contributed by atoms with Crippen molar-refractivity contribution in [1.29, 1.82) is 0 Å². The van der Waals surface area contributed by atoms with Crippen molar-refractivity contribution in [2.75, 3.05) is 6.54 Å². The fourth-order valence-corrected chi connectivity index (χ4v) is 3.00. The monoisotopic (exact) mass is 306 g/mol. The molecule has 1 aliphatic rings. The minimum absolute atomic E-state index is 0.208. The van der Waals surface area contributed by atoms with Crippen LogP contribution in [0.15, 0.2) is 36.7 Å². The van der Waals surface area contributed by atoms with E-state index < -0.39 is 0 Å². The van der Waals surface area contributed by atoms with Gasteiger partial charge in [0.1, 0.15) is 5.82 Å². The van der Waals surface area contributed by atoms with Crippen molar-refractivity contribution in [1.82, 2.24) is 9.88 Å². The Balaban J connectivity index is 1.76. The van der Waals surface area contributed by atoms with Gasteiger partial charge >= 0.3 is 0 Å². The van der Waals surface area contributed by atoms with E-state index >= 15 is 0 Å². The lowest BCUT2D eigenvalue weighted by molar-refractivity contribution is 0.495. The highest BCUT2D eigenvalue weighted by atomic mass is 35.5. The molecule has 1 fully saturated rings. The van der Waals surface area contributed by atoms with Crippen LogP contribution in [0.2, 0.25) is 5.02 Å². The van der Waals surface area contributed by atoms with Crippen LogP contribution in [0, 0.1) is 11.7 Å². The molecule has 0 aliphatic heterocycles. The molecule has 4 heteroatoms. The Morgan fingerprint density at radius 2 is 2.19 bits per heavy atom. The third-order valence-corrected chi connectivity index (χ3v) is 4.25. The van der Waals surface area contributed by atoms with Gasteiger partial charge in [0, 0.05) is 35.6 Å². The molecule has 112 valence electrons. The van der Waals surface area contributed by atoms with E-state index in [1.807, 2.05) is 10.8 Å². The van der Waals surface area contributed by atoms with Gasteiger partial charge in [0.15, 0.2) is 0 Å². The average molecular weight is 307 g/mol. The van der Waals surface area contributed by atoms with Crippen LogP contribution in [-0.4, -0.2) is 11.1 Å². The summed E-state index contributed by atoms with van der Waals surface area (Å²) in [6, 6.07) is 7.26. The summed E-state index contributed by atoms with van der Waals surface area (Å²) in [5, 5.41) is 4.12. The van der Waals surface area contributed by atoms with Gasteiger partial charge in [0.05, 0.1) is 0 Å². The summed E-state index contributed by atoms with van der Waals surface area (Å²) in [4.78, 5) is 0. The molecule has 2 nitrogen and oxygen atoms in total. The fraction of sp³-hybridized carbons (Fsp3) is 0.412. The van der Waals surface area contributed by atoms with Crippen LogP contribution in [0.5, 0.6) is 0 Å². The number of halogens is 2. The van der Waals surface area contributed by atoms with E-state index in [-0.39, 0.29) is 5.82 Å². The summed E-state index contributed by atoms with van der Waals surface area (Å²) in [5.74, 6) is 0.545. The SMILES string of the molecule is CCNC(c1ccn(Cc2cc(Cl)ccc2F)c1)C1CC1. The molecule has 1 N–H and O–H groups in total. The smallest absolute Gasteiger partial charge is 0.128 e. The van der Waals surface area contributed by atoms with Crippen molar-refractivity contribution in [2.24, 2.45) is 5.92 Å². The second-order valence-electron chi connectivity index (χ2n) is 5.73. The highest BCUT2D eigenvalue weighted by Gasteiger charge is 2.32. The number of nitrogens with one attached hydrogen (secondary N) is 1. The van der Waals surface area contributed by atoms with E-state index in [1.165, 1.54) is 24.5 Å². The summed E-state index contributed by atoms with van der Waals surface area (Å²) < 4.78 is 15.8. The van der Waals surface area contributed by atoms with Crippen LogP contribution >= 0.6 is 11.6 Å². The number of rotatable bonds is 6. The minimum Gasteiger partial charge on any atom is -0.349 e. The van der Waals surface area contributed by atoms with E-state index in [2.05, 4.69) is 24.5 Å². The largest absolute Gasteiger partial charge is 0.349 e. The van der Waals surface area contributed by atoms with Crippen molar-refractivity contribution < 1.29 is 4.39 Å². The second-order valence-corrected chi connectivity index (χ2v) is 6.16. The Morgan fingerprint density at radius 1 is 1.38 bits per heavy atom. The lowest BCUT2D eigenvalue weighted by Crippen LogP contribution is -2.22. The highest BCUT2D eigenvalue weighted by Crippen LogP contribution is 2.41. The van der Waals surface area contributed by atoms with Crippen LogP contribution in [0.1, 0.15) is 36.9 Å². The maximum Gasteiger partial charge on any atom is 0.128 e. The van der Waals surface area contributed by atoms with Crippen molar-refractivity contribution >= 4 is 11.6 Å². The zero-order valence-corrected chi connectivity index (χ0v) is 12.9. The molecule has 21 heavy (non-hydrogen) atoms. The van der Waals surface area contributed by atoms with E-state index in [9.17, 15) is 4.39 Å². The number of hydrogen-bond donors (Lipinski definition) is 1. The number of nitrogens with zero attached hydrogens (tertiary/aromatic N) is 1. The molecule has 0 spiro atoms. The van der Waals surface area contributed by atoms with E-state index in [4.69, 9.17) is 11.6 Å². The Kier molecular flexibility index (Phi) is 4.32. The standard InChI is InChI=1S/C17H20ClFN2/c1-2-20-17(12-3-4-12)13-7-8-21(10-13)11-14-9-15(18)5-6-16(14)19/h5-10,12,17,20H,2-4,11H2,1H3. The number of benzene rings is 1. The Bertz CT molecular complexity index is 619. The molecule has 0 bridgehead atoms. The Hall–Kier alpha value is -1.32. The van der Waals surface area contributed by atoms with Gasteiger partial charge in [-0.2, -0.15) is 0 Å². The summed E-state index contributed by atoms with van der Waals surface area (Å²) >= 11 is 5.94. The van der Waals surface area contributed by atoms with Gasteiger partial charge in [0.25, 0.3) is 0 Å². The zero-order chi connectivity index (χ0) is 14.8. The molecule has 0 amide bonds. The topological polar surface area (TPSA) is 17.0 Å². The van der Waals surface area contributed by atoms with Crippen LogP contribution in [0.3, 0.4) is 0 Å². The summed E-state index contributed by atoms with van der Waals surface area (Å²) in [6.07, 6.45) is 6.73. The van der Waals surface area contributed by atoms with Gasteiger partial charge in [-0.3, -0.25) is 0 Å². The molecule has 1 atom stereocenters. The molecule has 3 rings (SSSR count). The van der Waals surface area contributed by atoms with Crippen LogP contribution < -0.4 is 5.32 Å². The highest BCUT2D eigenvalue weighted by molar-refractivity contribution is 6.30. The first kappa shape index (κ1) is 14.6. The van der Waals surface area contributed by atoms with E-state index in [0.29, 0.717) is 23.2 Å². The van der Waals surface area contributed by atoms with Gasteiger partial charge in [-0.15, -0.1) is 0 Å². The fourth-order valence-electron chi connectivity index (χ4n) is 2.81. The molecular formula is C17H20ClFN2. The van der Waals surface area contributed by atoms with Gasteiger partial charge < -0.3 is 9.88 Å². The molecule has 0 saturated heterocycles. The number of aromatic nitrogens is 1. The maximum absolute atomic E-state index is 13.8. The summed E-state index contributed by atoms with van der Waals surface area (Å²) in [5.41, 5.74) is 1.91. The van der Waals surface area contributed by atoms with Crippen LogP contribution in [0.4, 0.5) is 4.39 Å². The molecule has 1 saturated carbocycles. The minimum atomic E-state index is -0.208. The molecule has 1 unspecified atom stereocenters. The summed E-state index contributed by atoms with van der Waals surface area (Å²) in [7, 11) is 0. The van der Waals surface area contributed by atoms with Gasteiger partial charge in [-0.25, -0.2) is 4.39 Å². The van der Waals surface area contributed by atoms with Crippen molar-refractivity contribution in [3.8, 4) is 0 Å². The van der Waals surface area contributed by atoms with E-state index in [0.717, 1.165) is 12.5 Å². The first-order chi connectivity index (χ1) is 10.2. The summed E-state index contributed by atoms with van der Waals surface area (Å²) in [6.45, 7) is 3.61. The molecule has 2 aromatic rings. The van der Waals surface area contributed by atoms with Gasteiger partial charge in [-0.1, -0.05) is 18.5 Å². The lowest BCUT2D eigenvalue weighted by Gasteiger charge is -2.15. The molecular weight excluding hydrogens is 287 g/mol. The maximum atomic E-state index is 13.8.